The number of ether oxygens (including phenoxy) is 3. The summed E-state index contributed by atoms with van der Waals surface area (Å²) in [7, 11) is 0. The van der Waals surface area contributed by atoms with Crippen molar-refractivity contribution in [1.82, 2.24) is 0 Å². The highest BCUT2D eigenvalue weighted by atomic mass is 16.6. The van der Waals surface area contributed by atoms with Gasteiger partial charge in [0.2, 0.25) is 0 Å². The standard InChI is InChI=1S/C49H84O5/c1-4-7-10-13-16-18-20-22-23-24-25-26-28-30-32-35-38-41-44-52-45-47(54-49(51)43-40-37-33-15-12-9-6-3)46-53-48(50)42-39-36-34-31-29-27-21-19-17-14-11-8-5-2/h7,10,16,18-19,21-23,25-26,30,32,47H,4-6,8-9,11-15,17,20,24,27-29,31,33-46H2,1-3H3/b10-7-,18-16-,21-19-,23-22-,26-25-,32-30-. The smallest absolute Gasteiger partial charge is 0.306 e. The van der Waals surface area contributed by atoms with Crippen LogP contribution in [0.5, 0.6) is 0 Å². The molecule has 0 aliphatic heterocycles. The van der Waals surface area contributed by atoms with Crippen LogP contribution in [-0.4, -0.2) is 37.9 Å². The highest BCUT2D eigenvalue weighted by Gasteiger charge is 2.17. The Balaban J connectivity index is 4.26. The van der Waals surface area contributed by atoms with E-state index in [1.165, 1.54) is 70.6 Å². The molecule has 0 aromatic heterocycles. The molecule has 0 aliphatic carbocycles. The molecule has 0 aromatic carbocycles. The van der Waals surface area contributed by atoms with Crippen LogP contribution >= 0.6 is 0 Å². The van der Waals surface area contributed by atoms with Crippen LogP contribution in [0, 0.1) is 0 Å². The summed E-state index contributed by atoms with van der Waals surface area (Å²) in [5.41, 5.74) is 0. The second kappa shape index (κ2) is 44.7. The third-order valence-corrected chi connectivity index (χ3v) is 9.23. The van der Waals surface area contributed by atoms with Crippen molar-refractivity contribution in [1.29, 1.82) is 0 Å². The van der Waals surface area contributed by atoms with Gasteiger partial charge in [0, 0.05) is 19.4 Å². The molecular weight excluding hydrogens is 669 g/mol. The molecule has 0 heterocycles. The van der Waals surface area contributed by atoms with Crippen LogP contribution in [0.15, 0.2) is 72.9 Å². The molecule has 310 valence electrons. The zero-order valence-corrected chi connectivity index (χ0v) is 35.5. The molecule has 0 fully saturated rings. The predicted octanol–water partition coefficient (Wildman–Crippen LogP) is 14.8. The highest BCUT2D eigenvalue weighted by Crippen LogP contribution is 2.12. The lowest BCUT2D eigenvalue weighted by Gasteiger charge is -2.18. The van der Waals surface area contributed by atoms with Gasteiger partial charge in [-0.05, 0) is 89.9 Å². The lowest BCUT2D eigenvalue weighted by molar-refractivity contribution is -0.163. The van der Waals surface area contributed by atoms with Crippen LogP contribution in [0.3, 0.4) is 0 Å². The molecule has 0 rings (SSSR count). The maximum absolute atomic E-state index is 12.6. The van der Waals surface area contributed by atoms with E-state index in [2.05, 4.69) is 93.7 Å². The van der Waals surface area contributed by atoms with Crippen LogP contribution in [0.1, 0.15) is 201 Å². The number of hydrogen-bond donors (Lipinski definition) is 0. The molecule has 1 unspecified atom stereocenters. The van der Waals surface area contributed by atoms with Crippen LogP contribution in [-0.2, 0) is 23.8 Å². The average Bonchev–Trinajstić information content (AvgIpc) is 3.17. The predicted molar refractivity (Wildman–Crippen MR) is 233 cm³/mol. The monoisotopic (exact) mass is 753 g/mol. The van der Waals surface area contributed by atoms with Gasteiger partial charge in [0.05, 0.1) is 6.61 Å². The van der Waals surface area contributed by atoms with E-state index in [1.807, 2.05) is 0 Å². The molecule has 0 radical (unpaired) electrons. The number of carbonyl (C=O) groups is 2. The molecule has 1 atom stereocenters. The van der Waals surface area contributed by atoms with Gasteiger partial charge in [-0.25, -0.2) is 0 Å². The van der Waals surface area contributed by atoms with E-state index in [-0.39, 0.29) is 25.2 Å². The fourth-order valence-corrected chi connectivity index (χ4v) is 5.88. The van der Waals surface area contributed by atoms with E-state index in [0.29, 0.717) is 19.4 Å². The molecule has 0 aromatic rings. The van der Waals surface area contributed by atoms with Gasteiger partial charge in [0.15, 0.2) is 6.10 Å². The molecule has 0 spiro atoms. The average molecular weight is 753 g/mol. The number of allylic oxidation sites excluding steroid dienone is 12. The van der Waals surface area contributed by atoms with Crippen molar-refractivity contribution < 1.29 is 23.8 Å². The Morgan fingerprint density at radius 2 is 0.833 bits per heavy atom. The SMILES string of the molecule is CC/C=C\C/C=C\C/C=C\C/C=C\C/C=C\CCCCOCC(COC(=O)CCCCCCC/C=C\CCCCCC)OC(=O)CCCCCCCCC. The fraction of sp³-hybridized carbons (Fsp3) is 0.714. The summed E-state index contributed by atoms with van der Waals surface area (Å²) < 4.78 is 17.2. The second-order valence-corrected chi connectivity index (χ2v) is 14.6. The van der Waals surface area contributed by atoms with E-state index in [9.17, 15) is 9.59 Å². The lowest BCUT2D eigenvalue weighted by Crippen LogP contribution is -2.30. The van der Waals surface area contributed by atoms with Gasteiger partial charge in [0.25, 0.3) is 0 Å². The first-order valence-corrected chi connectivity index (χ1v) is 22.5. The van der Waals surface area contributed by atoms with Crippen molar-refractivity contribution in [2.24, 2.45) is 0 Å². The first kappa shape index (κ1) is 51.3. The summed E-state index contributed by atoms with van der Waals surface area (Å²) in [5.74, 6) is -0.441. The summed E-state index contributed by atoms with van der Waals surface area (Å²) in [5, 5.41) is 0. The van der Waals surface area contributed by atoms with Gasteiger partial charge in [-0.3, -0.25) is 9.59 Å². The molecule has 54 heavy (non-hydrogen) atoms. The number of esters is 2. The van der Waals surface area contributed by atoms with E-state index in [1.54, 1.807) is 0 Å². The van der Waals surface area contributed by atoms with Crippen molar-refractivity contribution in [3.63, 3.8) is 0 Å². The van der Waals surface area contributed by atoms with Gasteiger partial charge in [-0.15, -0.1) is 0 Å². The lowest BCUT2D eigenvalue weighted by atomic mass is 10.1. The number of carbonyl (C=O) groups excluding carboxylic acids is 2. The van der Waals surface area contributed by atoms with Gasteiger partial charge in [-0.1, -0.05) is 171 Å². The summed E-state index contributed by atoms with van der Waals surface area (Å²) in [6, 6.07) is 0. The molecule has 0 saturated heterocycles. The minimum Gasteiger partial charge on any atom is -0.462 e. The van der Waals surface area contributed by atoms with Gasteiger partial charge < -0.3 is 14.2 Å². The quantitative estimate of drug-likeness (QED) is 0.0354. The minimum absolute atomic E-state index is 0.0619. The zero-order chi connectivity index (χ0) is 39.3. The molecule has 0 amide bonds. The molecule has 0 N–H and O–H groups in total. The van der Waals surface area contributed by atoms with Crippen molar-refractivity contribution in [2.75, 3.05) is 19.8 Å². The van der Waals surface area contributed by atoms with E-state index < -0.39 is 6.10 Å². The Morgan fingerprint density at radius 3 is 1.37 bits per heavy atom. The second-order valence-electron chi connectivity index (χ2n) is 14.6. The molecule has 0 saturated carbocycles. The summed E-state index contributed by atoms with van der Waals surface area (Å²) in [6.07, 6.45) is 56.3. The van der Waals surface area contributed by atoms with E-state index in [0.717, 1.165) is 96.3 Å². The topological polar surface area (TPSA) is 61.8 Å². The zero-order valence-electron chi connectivity index (χ0n) is 35.5. The number of unbranched alkanes of at least 4 members (excludes halogenated alkanes) is 17. The molecule has 0 aliphatic rings. The Bertz CT molecular complexity index is 988. The Morgan fingerprint density at radius 1 is 0.426 bits per heavy atom. The first-order valence-electron chi connectivity index (χ1n) is 22.5. The molecule has 5 nitrogen and oxygen atoms in total. The van der Waals surface area contributed by atoms with Crippen LogP contribution < -0.4 is 0 Å². The third kappa shape index (κ3) is 42.1. The molecule has 5 heteroatoms. The van der Waals surface area contributed by atoms with Gasteiger partial charge in [-0.2, -0.15) is 0 Å². The third-order valence-electron chi connectivity index (χ3n) is 9.23. The first-order chi connectivity index (χ1) is 26.6. The summed E-state index contributed by atoms with van der Waals surface area (Å²) in [4.78, 5) is 25.1. The maximum Gasteiger partial charge on any atom is 0.306 e. The van der Waals surface area contributed by atoms with E-state index >= 15 is 0 Å². The van der Waals surface area contributed by atoms with Crippen molar-refractivity contribution >= 4 is 11.9 Å². The maximum atomic E-state index is 12.6. The van der Waals surface area contributed by atoms with Gasteiger partial charge >= 0.3 is 11.9 Å². The molecular formula is C49H84O5. The molecule has 0 bridgehead atoms. The van der Waals surface area contributed by atoms with Crippen molar-refractivity contribution in [2.45, 2.75) is 207 Å². The van der Waals surface area contributed by atoms with Crippen molar-refractivity contribution in [3.8, 4) is 0 Å². The van der Waals surface area contributed by atoms with Crippen LogP contribution in [0.4, 0.5) is 0 Å². The van der Waals surface area contributed by atoms with Crippen molar-refractivity contribution in [3.05, 3.63) is 72.9 Å². The van der Waals surface area contributed by atoms with Gasteiger partial charge in [0.1, 0.15) is 6.61 Å². The summed E-state index contributed by atoms with van der Waals surface area (Å²) in [6.45, 7) is 7.54. The normalized spacial score (nSPS) is 12.9. The van der Waals surface area contributed by atoms with Crippen LogP contribution in [0.25, 0.3) is 0 Å². The minimum atomic E-state index is -0.559. The summed E-state index contributed by atoms with van der Waals surface area (Å²) >= 11 is 0. The number of hydrogen-bond acceptors (Lipinski definition) is 5. The fourth-order valence-electron chi connectivity index (χ4n) is 5.88. The largest absolute Gasteiger partial charge is 0.462 e. The Hall–Kier alpha value is -2.66. The Labute approximate surface area is 334 Å². The highest BCUT2D eigenvalue weighted by molar-refractivity contribution is 5.70. The van der Waals surface area contributed by atoms with E-state index in [4.69, 9.17) is 14.2 Å². The van der Waals surface area contributed by atoms with Crippen LogP contribution in [0.2, 0.25) is 0 Å². The Kier molecular flexibility index (Phi) is 42.5. The number of rotatable bonds is 40.